The van der Waals surface area contributed by atoms with Crippen LogP contribution >= 0.6 is 12.2 Å². The van der Waals surface area contributed by atoms with Crippen molar-refractivity contribution in [1.29, 1.82) is 5.26 Å². The minimum absolute atomic E-state index is 0.193. The zero-order chi connectivity index (χ0) is 21.6. The van der Waals surface area contributed by atoms with Crippen LogP contribution in [-0.2, 0) is 0 Å². The number of rotatable bonds is 7. The van der Waals surface area contributed by atoms with Crippen molar-refractivity contribution in [1.82, 2.24) is 10.3 Å². The van der Waals surface area contributed by atoms with E-state index in [1.54, 1.807) is 6.07 Å². The summed E-state index contributed by atoms with van der Waals surface area (Å²) in [6.45, 7) is 3.85. The second-order valence-electron chi connectivity index (χ2n) is 6.66. The quantitative estimate of drug-likeness (QED) is 0.379. The number of thiocarbonyl (C=S) groups is 1. The zero-order valence-corrected chi connectivity index (χ0v) is 17.7. The lowest BCUT2D eigenvalue weighted by Gasteiger charge is -2.13. The molecule has 0 fully saturated rings. The average Bonchev–Trinajstić information content (AvgIpc) is 3.23. The SMILES string of the molecule is CCOc1ccc(NC(=S)NCCNc2nc3cc4c(cc3cc2C#N)OCO4)cc1. The van der Waals surface area contributed by atoms with Crippen LogP contribution in [0, 0.1) is 11.3 Å². The van der Waals surface area contributed by atoms with E-state index in [1.807, 2.05) is 43.3 Å². The van der Waals surface area contributed by atoms with E-state index in [1.165, 1.54) is 0 Å². The van der Waals surface area contributed by atoms with Gasteiger partial charge in [-0.2, -0.15) is 5.26 Å². The van der Waals surface area contributed by atoms with Crippen LogP contribution in [0.1, 0.15) is 12.5 Å². The first-order valence-corrected chi connectivity index (χ1v) is 10.2. The molecule has 0 unspecified atom stereocenters. The standard InChI is InChI=1S/C22H21N5O3S/c1-2-28-17-5-3-16(4-6-17)26-22(31)25-8-7-24-21-15(12-23)9-14-10-19-20(30-13-29-19)11-18(14)27-21/h3-6,9-11H,2,7-8,13H2,1H3,(H,24,27)(H2,25,26,31). The van der Waals surface area contributed by atoms with Crippen LogP contribution < -0.4 is 30.2 Å². The summed E-state index contributed by atoms with van der Waals surface area (Å²) in [5.41, 5.74) is 2.06. The molecule has 0 bridgehead atoms. The number of fused-ring (bicyclic) bond motifs is 2. The summed E-state index contributed by atoms with van der Waals surface area (Å²) in [5.74, 6) is 2.65. The van der Waals surface area contributed by atoms with Crippen LogP contribution in [0.2, 0.25) is 0 Å². The third kappa shape index (κ3) is 4.87. The fourth-order valence-corrected chi connectivity index (χ4v) is 3.34. The van der Waals surface area contributed by atoms with Crippen molar-refractivity contribution in [2.24, 2.45) is 0 Å². The molecule has 4 rings (SSSR count). The Morgan fingerprint density at radius 1 is 1.16 bits per heavy atom. The Labute approximate surface area is 185 Å². The van der Waals surface area contributed by atoms with Crippen molar-refractivity contribution in [3.05, 3.63) is 48.0 Å². The molecule has 1 aromatic heterocycles. The number of hydrogen-bond acceptors (Lipinski definition) is 7. The van der Waals surface area contributed by atoms with Gasteiger partial charge in [-0.3, -0.25) is 0 Å². The number of nitrogens with zero attached hydrogens (tertiary/aromatic N) is 2. The Hall–Kier alpha value is -3.77. The first kappa shape index (κ1) is 20.5. The molecule has 0 radical (unpaired) electrons. The Balaban J connectivity index is 1.32. The molecule has 2 heterocycles. The van der Waals surface area contributed by atoms with Gasteiger partial charge in [0.15, 0.2) is 16.6 Å². The molecule has 0 saturated heterocycles. The Kier molecular flexibility index (Phi) is 6.19. The predicted octanol–water partition coefficient (Wildman–Crippen LogP) is 3.63. The van der Waals surface area contributed by atoms with Crippen molar-refractivity contribution in [3.63, 3.8) is 0 Å². The van der Waals surface area contributed by atoms with Gasteiger partial charge in [-0.1, -0.05) is 0 Å². The van der Waals surface area contributed by atoms with Gasteiger partial charge in [-0.05, 0) is 55.5 Å². The number of ether oxygens (including phenoxy) is 3. The van der Waals surface area contributed by atoms with Crippen LogP contribution in [0.15, 0.2) is 42.5 Å². The van der Waals surface area contributed by atoms with Crippen molar-refractivity contribution >= 4 is 39.7 Å². The molecule has 0 saturated carbocycles. The molecule has 31 heavy (non-hydrogen) atoms. The molecule has 2 aromatic carbocycles. The molecule has 1 aliphatic rings. The molecular weight excluding hydrogens is 414 g/mol. The molecule has 9 heteroatoms. The Morgan fingerprint density at radius 2 is 1.94 bits per heavy atom. The van der Waals surface area contributed by atoms with Crippen molar-refractivity contribution in [2.75, 3.05) is 37.1 Å². The fourth-order valence-electron chi connectivity index (χ4n) is 3.12. The number of aromatic nitrogens is 1. The van der Waals surface area contributed by atoms with Gasteiger partial charge < -0.3 is 30.2 Å². The normalized spacial score (nSPS) is 11.6. The number of hydrogen-bond donors (Lipinski definition) is 3. The summed E-state index contributed by atoms with van der Waals surface area (Å²) in [4.78, 5) is 4.57. The van der Waals surface area contributed by atoms with E-state index in [2.05, 4.69) is 27.0 Å². The number of nitrogens with one attached hydrogen (secondary N) is 3. The molecule has 1 aliphatic heterocycles. The van der Waals surface area contributed by atoms with E-state index in [0.29, 0.717) is 47.7 Å². The minimum Gasteiger partial charge on any atom is -0.494 e. The van der Waals surface area contributed by atoms with Crippen LogP contribution in [-0.4, -0.2) is 36.6 Å². The molecule has 158 valence electrons. The number of anilines is 2. The minimum atomic E-state index is 0.193. The molecule has 0 aliphatic carbocycles. The maximum absolute atomic E-state index is 9.49. The first-order valence-electron chi connectivity index (χ1n) is 9.82. The summed E-state index contributed by atoms with van der Waals surface area (Å²) < 4.78 is 16.2. The van der Waals surface area contributed by atoms with Gasteiger partial charge in [-0.15, -0.1) is 0 Å². The highest BCUT2D eigenvalue weighted by molar-refractivity contribution is 7.80. The summed E-state index contributed by atoms with van der Waals surface area (Å²) in [6.07, 6.45) is 0. The molecule has 3 N–H and O–H groups in total. The van der Waals surface area contributed by atoms with Crippen LogP contribution in [0.25, 0.3) is 10.9 Å². The summed E-state index contributed by atoms with van der Waals surface area (Å²) in [7, 11) is 0. The van der Waals surface area contributed by atoms with Gasteiger partial charge in [0.05, 0.1) is 17.7 Å². The number of nitriles is 1. The predicted molar refractivity (Wildman–Crippen MR) is 123 cm³/mol. The molecule has 0 atom stereocenters. The van der Waals surface area contributed by atoms with E-state index in [-0.39, 0.29) is 6.79 Å². The highest BCUT2D eigenvalue weighted by atomic mass is 32.1. The van der Waals surface area contributed by atoms with E-state index < -0.39 is 0 Å². The fraction of sp³-hybridized carbons (Fsp3) is 0.227. The van der Waals surface area contributed by atoms with E-state index in [9.17, 15) is 5.26 Å². The highest BCUT2D eigenvalue weighted by Gasteiger charge is 2.16. The lowest BCUT2D eigenvalue weighted by molar-refractivity contribution is 0.174. The monoisotopic (exact) mass is 435 g/mol. The number of benzene rings is 2. The van der Waals surface area contributed by atoms with E-state index in [4.69, 9.17) is 26.4 Å². The van der Waals surface area contributed by atoms with Gasteiger partial charge in [0.25, 0.3) is 0 Å². The second kappa shape index (κ2) is 9.36. The maximum atomic E-state index is 9.49. The van der Waals surface area contributed by atoms with Crippen molar-refractivity contribution in [3.8, 4) is 23.3 Å². The highest BCUT2D eigenvalue weighted by Crippen LogP contribution is 2.36. The molecule has 0 amide bonds. The topological polar surface area (TPSA) is 100 Å². The van der Waals surface area contributed by atoms with Gasteiger partial charge in [0.2, 0.25) is 6.79 Å². The van der Waals surface area contributed by atoms with Crippen LogP contribution in [0.3, 0.4) is 0 Å². The maximum Gasteiger partial charge on any atom is 0.231 e. The molecule has 3 aromatic rings. The van der Waals surface area contributed by atoms with Crippen LogP contribution in [0.5, 0.6) is 17.2 Å². The number of pyridine rings is 1. The van der Waals surface area contributed by atoms with Gasteiger partial charge in [-0.25, -0.2) is 4.98 Å². The Bertz CT molecular complexity index is 1140. The molecular formula is C22H21N5O3S. The van der Waals surface area contributed by atoms with Gasteiger partial charge in [0, 0.05) is 30.2 Å². The van der Waals surface area contributed by atoms with Crippen molar-refractivity contribution < 1.29 is 14.2 Å². The third-order valence-corrected chi connectivity index (χ3v) is 4.80. The lowest BCUT2D eigenvalue weighted by atomic mass is 10.1. The smallest absolute Gasteiger partial charge is 0.231 e. The summed E-state index contributed by atoms with van der Waals surface area (Å²) >= 11 is 5.33. The van der Waals surface area contributed by atoms with Crippen molar-refractivity contribution in [2.45, 2.75) is 6.92 Å². The van der Waals surface area contributed by atoms with Crippen LogP contribution in [0.4, 0.5) is 11.5 Å². The van der Waals surface area contributed by atoms with Gasteiger partial charge >= 0.3 is 0 Å². The first-order chi connectivity index (χ1) is 15.2. The largest absolute Gasteiger partial charge is 0.494 e. The van der Waals surface area contributed by atoms with Gasteiger partial charge in [0.1, 0.15) is 17.6 Å². The summed E-state index contributed by atoms with van der Waals surface area (Å²) in [5, 5.41) is 20.3. The second-order valence-corrected chi connectivity index (χ2v) is 7.07. The lowest BCUT2D eigenvalue weighted by Crippen LogP contribution is -2.32. The molecule has 8 nitrogen and oxygen atoms in total. The third-order valence-electron chi connectivity index (χ3n) is 4.56. The zero-order valence-electron chi connectivity index (χ0n) is 16.9. The van der Waals surface area contributed by atoms with E-state index >= 15 is 0 Å². The molecule has 0 spiro atoms. The Morgan fingerprint density at radius 3 is 2.68 bits per heavy atom. The average molecular weight is 436 g/mol. The van der Waals surface area contributed by atoms with E-state index in [0.717, 1.165) is 22.3 Å². The summed E-state index contributed by atoms with van der Waals surface area (Å²) in [6, 6.07) is 15.2.